The summed E-state index contributed by atoms with van der Waals surface area (Å²) in [5.41, 5.74) is 0.662. The van der Waals surface area contributed by atoms with Gasteiger partial charge in [0.25, 0.3) is 0 Å². The summed E-state index contributed by atoms with van der Waals surface area (Å²) in [6.07, 6.45) is 2.34. The lowest BCUT2D eigenvalue weighted by molar-refractivity contribution is -0.127. The van der Waals surface area contributed by atoms with Gasteiger partial charge in [-0.05, 0) is 45.7 Å². The smallest absolute Gasteiger partial charge is 0.227 e. The highest BCUT2D eigenvalue weighted by atomic mass is 16.5. The van der Waals surface area contributed by atoms with E-state index in [2.05, 4.69) is 29.0 Å². The first-order valence-corrected chi connectivity index (χ1v) is 10.2. The standard InChI is InChI=1S/C21H34N4O2/c1-5-19(26)25(18-8-6-7-17(2)23-18)16-21(24-12-10-22-11-13-24)9-14-27-20(3,4)15-21/h6-8,22H,5,9-16H2,1-4H3. The van der Waals surface area contributed by atoms with Crippen LogP contribution in [0.4, 0.5) is 5.82 Å². The summed E-state index contributed by atoms with van der Waals surface area (Å²) in [5, 5.41) is 3.45. The van der Waals surface area contributed by atoms with Gasteiger partial charge in [0.1, 0.15) is 5.82 Å². The van der Waals surface area contributed by atoms with E-state index in [1.165, 1.54) is 0 Å². The number of rotatable bonds is 5. The third kappa shape index (κ3) is 4.68. The highest BCUT2D eigenvalue weighted by Crippen LogP contribution is 2.38. The average molecular weight is 375 g/mol. The van der Waals surface area contributed by atoms with Gasteiger partial charge >= 0.3 is 0 Å². The molecule has 3 rings (SSSR count). The summed E-state index contributed by atoms with van der Waals surface area (Å²) in [6.45, 7) is 13.6. The summed E-state index contributed by atoms with van der Waals surface area (Å²) in [5.74, 6) is 0.896. The van der Waals surface area contributed by atoms with E-state index in [-0.39, 0.29) is 17.0 Å². The van der Waals surface area contributed by atoms with Crippen molar-refractivity contribution in [3.05, 3.63) is 23.9 Å². The Bertz CT molecular complexity index is 657. The van der Waals surface area contributed by atoms with E-state index in [1.807, 2.05) is 36.9 Å². The molecule has 1 amide bonds. The molecule has 1 aromatic rings. The number of anilines is 1. The first-order valence-electron chi connectivity index (χ1n) is 10.2. The van der Waals surface area contributed by atoms with Crippen LogP contribution in [0.15, 0.2) is 18.2 Å². The van der Waals surface area contributed by atoms with Crippen LogP contribution in [0, 0.1) is 6.92 Å². The second-order valence-corrected chi connectivity index (χ2v) is 8.47. The van der Waals surface area contributed by atoms with E-state index in [4.69, 9.17) is 4.74 Å². The Balaban J connectivity index is 1.95. The average Bonchev–Trinajstić information content (AvgIpc) is 2.65. The molecule has 1 unspecified atom stereocenters. The van der Waals surface area contributed by atoms with Crippen molar-refractivity contribution in [3.63, 3.8) is 0 Å². The first-order chi connectivity index (χ1) is 12.9. The molecule has 0 bridgehead atoms. The van der Waals surface area contributed by atoms with Crippen molar-refractivity contribution < 1.29 is 9.53 Å². The summed E-state index contributed by atoms with van der Waals surface area (Å²) in [4.78, 5) is 22.1. The lowest BCUT2D eigenvalue weighted by Crippen LogP contribution is -2.65. The fourth-order valence-corrected chi connectivity index (χ4v) is 4.55. The molecule has 0 saturated carbocycles. The molecule has 150 valence electrons. The molecule has 2 fully saturated rings. The highest BCUT2D eigenvalue weighted by Gasteiger charge is 2.47. The molecule has 0 spiro atoms. The lowest BCUT2D eigenvalue weighted by Gasteiger charge is -2.53. The van der Waals surface area contributed by atoms with Gasteiger partial charge in [-0.25, -0.2) is 4.98 Å². The molecule has 0 radical (unpaired) electrons. The van der Waals surface area contributed by atoms with Crippen molar-refractivity contribution in [3.8, 4) is 0 Å². The second kappa shape index (κ2) is 8.25. The van der Waals surface area contributed by atoms with Crippen LogP contribution >= 0.6 is 0 Å². The molecule has 1 atom stereocenters. The third-order valence-corrected chi connectivity index (χ3v) is 5.81. The normalized spacial score (nSPS) is 25.9. The van der Waals surface area contributed by atoms with Crippen LogP contribution in [0.1, 0.15) is 45.7 Å². The molecule has 6 nitrogen and oxygen atoms in total. The SMILES string of the molecule is CCC(=O)N(CC1(N2CCNCC2)CCOC(C)(C)C1)c1cccc(C)n1. The number of hydrogen-bond donors (Lipinski definition) is 1. The number of amides is 1. The van der Waals surface area contributed by atoms with Gasteiger partial charge < -0.3 is 10.1 Å². The summed E-state index contributed by atoms with van der Waals surface area (Å²) >= 11 is 0. The topological polar surface area (TPSA) is 57.7 Å². The number of pyridine rings is 1. The molecule has 3 heterocycles. The number of hydrogen-bond acceptors (Lipinski definition) is 5. The van der Waals surface area contributed by atoms with Crippen LogP contribution in [0.2, 0.25) is 0 Å². The quantitative estimate of drug-likeness (QED) is 0.857. The summed E-state index contributed by atoms with van der Waals surface area (Å²) < 4.78 is 6.04. The van der Waals surface area contributed by atoms with E-state index in [1.54, 1.807) is 0 Å². The molecule has 2 saturated heterocycles. The number of aryl methyl sites for hydroxylation is 1. The maximum Gasteiger partial charge on any atom is 0.227 e. The predicted octanol–water partition coefficient (Wildman–Crippen LogP) is 2.37. The predicted molar refractivity (Wildman–Crippen MR) is 108 cm³/mol. The van der Waals surface area contributed by atoms with E-state index in [0.717, 1.165) is 57.1 Å². The van der Waals surface area contributed by atoms with Gasteiger partial charge in [0.2, 0.25) is 5.91 Å². The molecule has 1 aromatic heterocycles. The minimum atomic E-state index is -0.190. The zero-order valence-electron chi connectivity index (χ0n) is 17.3. The van der Waals surface area contributed by atoms with Crippen LogP contribution in [-0.2, 0) is 9.53 Å². The van der Waals surface area contributed by atoms with Gasteiger partial charge in [-0.1, -0.05) is 13.0 Å². The zero-order valence-corrected chi connectivity index (χ0v) is 17.3. The Morgan fingerprint density at radius 1 is 1.33 bits per heavy atom. The van der Waals surface area contributed by atoms with E-state index in [9.17, 15) is 4.79 Å². The van der Waals surface area contributed by atoms with Crippen molar-refractivity contribution in [2.24, 2.45) is 0 Å². The Morgan fingerprint density at radius 3 is 2.70 bits per heavy atom. The van der Waals surface area contributed by atoms with Gasteiger partial charge in [-0.2, -0.15) is 0 Å². The maximum atomic E-state index is 12.9. The van der Waals surface area contributed by atoms with Gasteiger partial charge in [-0.3, -0.25) is 14.6 Å². The molecule has 1 N–H and O–H groups in total. The summed E-state index contributed by atoms with van der Waals surface area (Å²) in [6, 6.07) is 5.91. The number of carbonyl (C=O) groups excluding carboxylic acids is 1. The second-order valence-electron chi connectivity index (χ2n) is 8.47. The Morgan fingerprint density at radius 2 is 2.07 bits per heavy atom. The van der Waals surface area contributed by atoms with E-state index < -0.39 is 0 Å². The number of ether oxygens (including phenoxy) is 1. The molecule has 0 aromatic carbocycles. The highest BCUT2D eigenvalue weighted by molar-refractivity contribution is 5.92. The molecule has 6 heteroatoms. The largest absolute Gasteiger partial charge is 0.375 e. The molecule has 2 aliphatic heterocycles. The Labute approximate surface area is 163 Å². The van der Waals surface area contributed by atoms with Crippen LogP contribution in [-0.4, -0.2) is 66.3 Å². The fourth-order valence-electron chi connectivity index (χ4n) is 4.55. The molecule has 27 heavy (non-hydrogen) atoms. The van der Waals surface area contributed by atoms with E-state index >= 15 is 0 Å². The number of piperazine rings is 1. The third-order valence-electron chi connectivity index (χ3n) is 5.81. The zero-order chi connectivity index (χ0) is 19.5. The van der Waals surface area contributed by atoms with Crippen molar-refractivity contribution >= 4 is 11.7 Å². The number of aromatic nitrogens is 1. The van der Waals surface area contributed by atoms with Crippen molar-refractivity contribution in [1.29, 1.82) is 0 Å². The van der Waals surface area contributed by atoms with Crippen LogP contribution in [0.25, 0.3) is 0 Å². The minimum absolute atomic E-state index is 0.0832. The van der Waals surface area contributed by atoms with Gasteiger partial charge in [-0.15, -0.1) is 0 Å². The number of carbonyl (C=O) groups is 1. The van der Waals surface area contributed by atoms with Gasteiger partial charge in [0.05, 0.1) is 5.60 Å². The maximum absolute atomic E-state index is 12.9. The van der Waals surface area contributed by atoms with Crippen molar-refractivity contribution in [1.82, 2.24) is 15.2 Å². The number of nitrogens with zero attached hydrogens (tertiary/aromatic N) is 3. The number of nitrogens with one attached hydrogen (secondary N) is 1. The first kappa shape index (κ1) is 20.2. The van der Waals surface area contributed by atoms with Gasteiger partial charge in [0.15, 0.2) is 0 Å². The Hall–Kier alpha value is -1.50. The lowest BCUT2D eigenvalue weighted by atomic mass is 9.78. The molecular formula is C21H34N4O2. The molecule has 0 aliphatic carbocycles. The summed E-state index contributed by atoms with van der Waals surface area (Å²) in [7, 11) is 0. The van der Waals surface area contributed by atoms with Crippen molar-refractivity contribution in [2.45, 2.75) is 58.1 Å². The van der Waals surface area contributed by atoms with Gasteiger partial charge in [0, 0.05) is 57.0 Å². The minimum Gasteiger partial charge on any atom is -0.375 e. The van der Waals surface area contributed by atoms with Crippen LogP contribution in [0.5, 0.6) is 0 Å². The fraction of sp³-hybridized carbons (Fsp3) is 0.714. The Kier molecular flexibility index (Phi) is 6.18. The van der Waals surface area contributed by atoms with E-state index in [0.29, 0.717) is 13.0 Å². The van der Waals surface area contributed by atoms with Crippen LogP contribution in [0.3, 0.4) is 0 Å². The van der Waals surface area contributed by atoms with Crippen LogP contribution < -0.4 is 10.2 Å². The molecule has 2 aliphatic rings. The van der Waals surface area contributed by atoms with Crippen molar-refractivity contribution in [2.75, 3.05) is 44.2 Å². The monoisotopic (exact) mass is 374 g/mol. The molecular weight excluding hydrogens is 340 g/mol.